The molecule has 0 saturated carbocycles. The van der Waals surface area contributed by atoms with Crippen molar-refractivity contribution in [2.45, 2.75) is 12.0 Å². The Morgan fingerprint density at radius 2 is 2.05 bits per heavy atom. The molecule has 1 atom stereocenters. The largest absolute Gasteiger partial charge is 0.465 e. The Balaban J connectivity index is 2.05. The molecule has 2 aromatic rings. The summed E-state index contributed by atoms with van der Waals surface area (Å²) >= 11 is 0. The Hall–Kier alpha value is -2.76. The molecule has 0 saturated heterocycles. The normalized spacial score (nSPS) is 22.6. The number of anilines is 1. The van der Waals surface area contributed by atoms with Gasteiger partial charge in [-0.1, -0.05) is 0 Å². The van der Waals surface area contributed by atoms with Crippen molar-refractivity contribution in [2.24, 2.45) is 10.7 Å². The van der Waals surface area contributed by atoms with Gasteiger partial charge in [-0.05, 0) is 30.3 Å². The average Bonchev–Trinajstić information content (AvgIpc) is 2.49. The summed E-state index contributed by atoms with van der Waals surface area (Å²) in [6.45, 7) is 0.484. The Bertz CT molecular complexity index is 759. The smallest absolute Gasteiger partial charge is 0.283 e. The summed E-state index contributed by atoms with van der Waals surface area (Å²) in [5.74, 6) is 1.25. The fourth-order valence-electron chi connectivity index (χ4n) is 2.97. The van der Waals surface area contributed by atoms with E-state index in [0.717, 1.165) is 11.1 Å². The number of amidine groups is 1. The van der Waals surface area contributed by atoms with Gasteiger partial charge in [-0.3, -0.25) is 0 Å². The number of benzene rings is 1. The van der Waals surface area contributed by atoms with E-state index >= 15 is 0 Å². The molecule has 1 spiro atoms. The molecule has 0 unspecified atom stereocenters. The monoisotopic (exact) mass is 282 g/mol. The fraction of sp³-hybridized carbons (Fsp3) is 0.200. The van der Waals surface area contributed by atoms with E-state index < -0.39 is 5.54 Å². The summed E-state index contributed by atoms with van der Waals surface area (Å²) in [4.78, 5) is 8.90. The molecule has 1 aromatic heterocycles. The van der Waals surface area contributed by atoms with Gasteiger partial charge in [-0.2, -0.15) is 0 Å². The topological polar surface area (TPSA) is 95.8 Å². The minimum Gasteiger partial charge on any atom is -0.465 e. The SMILES string of the molecule is NC1=N[C@@]2(CCO1)c1cc(N)ccc1Oc1ncccc12. The van der Waals surface area contributed by atoms with E-state index in [2.05, 4.69) is 9.98 Å². The molecule has 0 fully saturated rings. The van der Waals surface area contributed by atoms with Crippen LogP contribution in [-0.2, 0) is 10.3 Å². The van der Waals surface area contributed by atoms with Crippen LogP contribution in [0.3, 0.4) is 0 Å². The van der Waals surface area contributed by atoms with Crippen LogP contribution in [0.5, 0.6) is 11.6 Å². The molecule has 0 aliphatic carbocycles. The van der Waals surface area contributed by atoms with Gasteiger partial charge < -0.3 is 20.9 Å². The third kappa shape index (κ3) is 1.65. The molecule has 2 aliphatic heterocycles. The Kier molecular flexibility index (Phi) is 2.35. The van der Waals surface area contributed by atoms with Crippen LogP contribution in [0.4, 0.5) is 5.69 Å². The summed E-state index contributed by atoms with van der Waals surface area (Å²) in [6, 6.07) is 9.51. The van der Waals surface area contributed by atoms with Crippen molar-refractivity contribution in [3.8, 4) is 11.6 Å². The Morgan fingerprint density at radius 1 is 1.14 bits per heavy atom. The van der Waals surface area contributed by atoms with Crippen molar-refractivity contribution in [1.29, 1.82) is 0 Å². The van der Waals surface area contributed by atoms with Gasteiger partial charge in [0.1, 0.15) is 11.3 Å². The zero-order chi connectivity index (χ0) is 14.4. The molecule has 6 heteroatoms. The number of ether oxygens (including phenoxy) is 2. The summed E-state index contributed by atoms with van der Waals surface area (Å²) in [6.07, 6.45) is 2.35. The molecule has 0 bridgehead atoms. The van der Waals surface area contributed by atoms with Crippen LogP contribution in [0.25, 0.3) is 0 Å². The number of hydrogen-bond donors (Lipinski definition) is 2. The van der Waals surface area contributed by atoms with Crippen LogP contribution in [0.15, 0.2) is 41.5 Å². The zero-order valence-corrected chi connectivity index (χ0v) is 11.2. The van der Waals surface area contributed by atoms with Crippen LogP contribution in [0, 0.1) is 0 Å². The first-order valence-electron chi connectivity index (χ1n) is 6.70. The van der Waals surface area contributed by atoms with Gasteiger partial charge in [-0.25, -0.2) is 9.98 Å². The third-order valence-electron chi connectivity index (χ3n) is 3.89. The first kappa shape index (κ1) is 12.0. The number of fused-ring (bicyclic) bond motifs is 4. The maximum absolute atomic E-state index is 5.94. The second-order valence-electron chi connectivity index (χ2n) is 5.12. The van der Waals surface area contributed by atoms with Crippen LogP contribution in [0.1, 0.15) is 17.5 Å². The van der Waals surface area contributed by atoms with Crippen LogP contribution in [0.2, 0.25) is 0 Å². The van der Waals surface area contributed by atoms with Crippen molar-refractivity contribution in [3.05, 3.63) is 47.7 Å². The van der Waals surface area contributed by atoms with Gasteiger partial charge in [0.2, 0.25) is 5.88 Å². The predicted octanol–water partition coefficient (Wildman–Crippen LogP) is 1.75. The quantitative estimate of drug-likeness (QED) is 0.718. The number of aromatic nitrogens is 1. The molecule has 0 radical (unpaired) electrons. The van der Waals surface area contributed by atoms with Gasteiger partial charge in [0.05, 0.1) is 6.61 Å². The number of nitrogens with two attached hydrogens (primary N) is 2. The van der Waals surface area contributed by atoms with Crippen molar-refractivity contribution >= 4 is 11.7 Å². The van der Waals surface area contributed by atoms with E-state index in [1.807, 2.05) is 24.3 Å². The maximum Gasteiger partial charge on any atom is 0.283 e. The molecular weight excluding hydrogens is 268 g/mol. The zero-order valence-electron chi connectivity index (χ0n) is 11.2. The van der Waals surface area contributed by atoms with E-state index in [0.29, 0.717) is 30.3 Å². The highest BCUT2D eigenvalue weighted by molar-refractivity contribution is 5.75. The molecule has 106 valence electrons. The van der Waals surface area contributed by atoms with Crippen molar-refractivity contribution in [3.63, 3.8) is 0 Å². The Morgan fingerprint density at radius 3 is 2.90 bits per heavy atom. The highest BCUT2D eigenvalue weighted by Gasteiger charge is 2.45. The second kappa shape index (κ2) is 4.12. The fourth-order valence-corrected chi connectivity index (χ4v) is 2.97. The van der Waals surface area contributed by atoms with E-state index in [4.69, 9.17) is 20.9 Å². The molecule has 4 N–H and O–H groups in total. The Labute approximate surface area is 121 Å². The van der Waals surface area contributed by atoms with E-state index in [1.54, 1.807) is 12.3 Å². The van der Waals surface area contributed by atoms with Crippen LogP contribution < -0.4 is 16.2 Å². The third-order valence-corrected chi connectivity index (χ3v) is 3.89. The van der Waals surface area contributed by atoms with Gasteiger partial charge in [0.15, 0.2) is 0 Å². The maximum atomic E-state index is 5.94. The van der Waals surface area contributed by atoms with Crippen LogP contribution in [-0.4, -0.2) is 17.6 Å². The lowest BCUT2D eigenvalue weighted by atomic mass is 9.79. The summed E-state index contributed by atoms with van der Waals surface area (Å²) in [5, 5.41) is 0. The van der Waals surface area contributed by atoms with E-state index in [9.17, 15) is 0 Å². The second-order valence-corrected chi connectivity index (χ2v) is 5.12. The highest BCUT2D eigenvalue weighted by atomic mass is 16.5. The summed E-state index contributed by atoms with van der Waals surface area (Å²) in [7, 11) is 0. The first-order chi connectivity index (χ1) is 10.2. The molecule has 4 rings (SSSR count). The van der Waals surface area contributed by atoms with Gasteiger partial charge >= 0.3 is 0 Å². The minimum atomic E-state index is -0.644. The summed E-state index contributed by atoms with van der Waals surface area (Å²) in [5.41, 5.74) is 13.6. The lowest BCUT2D eigenvalue weighted by Gasteiger charge is -2.38. The molecule has 3 heterocycles. The lowest BCUT2D eigenvalue weighted by Crippen LogP contribution is -2.38. The first-order valence-corrected chi connectivity index (χ1v) is 6.70. The number of nitrogen functional groups attached to an aromatic ring is 1. The number of aliphatic imine (C=N–C) groups is 1. The molecule has 1 aromatic carbocycles. The number of rotatable bonds is 0. The van der Waals surface area contributed by atoms with Crippen LogP contribution >= 0.6 is 0 Å². The number of nitrogens with zero attached hydrogens (tertiary/aromatic N) is 2. The predicted molar refractivity (Wildman–Crippen MR) is 78.1 cm³/mol. The molecule has 21 heavy (non-hydrogen) atoms. The number of hydrogen-bond acceptors (Lipinski definition) is 6. The summed E-state index contributed by atoms with van der Waals surface area (Å²) < 4.78 is 11.2. The molecular formula is C15H14N4O2. The molecule has 2 aliphatic rings. The highest BCUT2D eigenvalue weighted by Crippen LogP contribution is 2.51. The minimum absolute atomic E-state index is 0.173. The van der Waals surface area contributed by atoms with E-state index in [-0.39, 0.29) is 6.02 Å². The van der Waals surface area contributed by atoms with Gasteiger partial charge in [0.25, 0.3) is 6.02 Å². The molecule has 0 amide bonds. The van der Waals surface area contributed by atoms with Gasteiger partial charge in [-0.15, -0.1) is 0 Å². The van der Waals surface area contributed by atoms with Gasteiger partial charge in [0, 0.05) is 29.4 Å². The average molecular weight is 282 g/mol. The standard InChI is InChI=1S/C15H14N4O2/c16-9-3-4-12-11(8-9)15(5-7-20-14(17)19-15)10-2-1-6-18-13(10)21-12/h1-4,6,8H,5,7,16H2,(H2,17,19)/t15-/m1/s1. The van der Waals surface area contributed by atoms with Crippen molar-refractivity contribution in [1.82, 2.24) is 4.98 Å². The van der Waals surface area contributed by atoms with Crippen molar-refractivity contribution < 1.29 is 9.47 Å². The van der Waals surface area contributed by atoms with E-state index in [1.165, 1.54) is 0 Å². The van der Waals surface area contributed by atoms with Crippen molar-refractivity contribution in [2.75, 3.05) is 12.3 Å². The lowest BCUT2D eigenvalue weighted by molar-refractivity contribution is 0.218. The number of pyridine rings is 1. The molecule has 6 nitrogen and oxygen atoms in total.